The van der Waals surface area contributed by atoms with E-state index in [1.54, 1.807) is 6.07 Å². The summed E-state index contributed by atoms with van der Waals surface area (Å²) in [4.78, 5) is 34.5. The van der Waals surface area contributed by atoms with Gasteiger partial charge in [0.2, 0.25) is 5.91 Å². The van der Waals surface area contributed by atoms with Crippen molar-refractivity contribution in [1.82, 2.24) is 10.6 Å². The van der Waals surface area contributed by atoms with Crippen molar-refractivity contribution in [2.75, 3.05) is 13.7 Å². The molecule has 0 radical (unpaired) electrons. The number of carboxylic acids is 1. The van der Waals surface area contributed by atoms with Crippen LogP contribution in [-0.4, -0.2) is 36.7 Å². The molecule has 0 aliphatic carbocycles. The highest BCUT2D eigenvalue weighted by Gasteiger charge is 2.17. The quantitative estimate of drug-likeness (QED) is 0.709. The Hall–Kier alpha value is -2.09. The first-order chi connectivity index (χ1) is 9.97. The fourth-order valence-corrected chi connectivity index (χ4v) is 2.59. The van der Waals surface area contributed by atoms with Crippen molar-refractivity contribution in [3.63, 3.8) is 0 Å². The first-order valence-corrected chi connectivity index (χ1v) is 7.30. The number of carbonyl (C=O) groups is 3. The lowest BCUT2D eigenvalue weighted by molar-refractivity contribution is -0.120. The molecule has 0 saturated heterocycles. The van der Waals surface area contributed by atoms with Gasteiger partial charge in [0, 0.05) is 11.9 Å². The molecule has 0 fully saturated rings. The van der Waals surface area contributed by atoms with Gasteiger partial charge in [-0.05, 0) is 12.5 Å². The number of amides is 3. The van der Waals surface area contributed by atoms with Crippen LogP contribution in [0.25, 0.3) is 0 Å². The molecule has 1 aromatic rings. The zero-order chi connectivity index (χ0) is 15.8. The van der Waals surface area contributed by atoms with E-state index in [0.29, 0.717) is 0 Å². The Balaban J connectivity index is 2.56. The number of ether oxygens (including phenoxy) is 1. The second kappa shape index (κ2) is 8.25. The second-order valence-corrected chi connectivity index (χ2v) is 5.32. The second-order valence-electron chi connectivity index (χ2n) is 4.19. The van der Waals surface area contributed by atoms with Gasteiger partial charge in [-0.3, -0.25) is 10.1 Å². The highest BCUT2D eigenvalue weighted by Crippen LogP contribution is 2.30. The van der Waals surface area contributed by atoms with E-state index in [1.807, 2.05) is 6.92 Å². The predicted molar refractivity (Wildman–Crippen MR) is 78.0 cm³/mol. The monoisotopic (exact) mass is 314 g/mol. The molecular weight excluding hydrogens is 296 g/mol. The highest BCUT2D eigenvalue weighted by atomic mass is 32.1. The molecule has 21 heavy (non-hydrogen) atoms. The number of hydrogen-bond donors (Lipinski definition) is 3. The summed E-state index contributed by atoms with van der Waals surface area (Å²) < 4.78 is 5.35. The first-order valence-electron chi connectivity index (χ1n) is 6.48. The van der Waals surface area contributed by atoms with Crippen LogP contribution in [-0.2, 0) is 11.2 Å². The molecule has 1 heterocycles. The third-order valence-corrected chi connectivity index (χ3v) is 3.67. The zero-order valence-corrected chi connectivity index (χ0v) is 12.7. The molecular formula is C13H18N2O5S. The molecule has 0 aliphatic rings. The van der Waals surface area contributed by atoms with Gasteiger partial charge in [-0.2, -0.15) is 0 Å². The van der Waals surface area contributed by atoms with Crippen molar-refractivity contribution in [3.8, 4) is 5.75 Å². The lowest BCUT2D eigenvalue weighted by Crippen LogP contribution is -2.37. The van der Waals surface area contributed by atoms with Crippen LogP contribution in [0.5, 0.6) is 5.75 Å². The van der Waals surface area contributed by atoms with Crippen molar-refractivity contribution >= 4 is 29.2 Å². The third-order valence-electron chi connectivity index (χ3n) is 2.51. The van der Waals surface area contributed by atoms with Crippen LogP contribution in [0.1, 0.15) is 34.3 Å². The molecule has 0 aromatic carbocycles. The number of carboxylic acid groups (broad SMARTS) is 1. The molecule has 1 rings (SSSR count). The smallest absolute Gasteiger partial charge is 0.349 e. The summed E-state index contributed by atoms with van der Waals surface area (Å²) in [6, 6.07) is 1.10. The minimum Gasteiger partial charge on any atom is -0.491 e. The average Bonchev–Trinajstić information content (AvgIpc) is 2.82. The maximum absolute atomic E-state index is 11.4. The van der Waals surface area contributed by atoms with Gasteiger partial charge in [0.1, 0.15) is 5.75 Å². The Labute approximate surface area is 126 Å². The standard InChI is InChI=1S/C13H18N2O5S/c1-3-4-8-7-9(11(21-8)12(17)18)20-6-5-10(16)15-13(19)14-2/h7H,3-6H2,1-2H3,(H,17,18)(H2,14,15,16,19). The number of urea groups is 1. The number of hydrogen-bond acceptors (Lipinski definition) is 5. The minimum atomic E-state index is -1.05. The van der Waals surface area contributed by atoms with Crippen LogP contribution in [0.2, 0.25) is 0 Å². The van der Waals surface area contributed by atoms with Gasteiger partial charge in [-0.25, -0.2) is 9.59 Å². The van der Waals surface area contributed by atoms with E-state index < -0.39 is 17.9 Å². The molecule has 7 nitrogen and oxygen atoms in total. The van der Waals surface area contributed by atoms with Crippen molar-refractivity contribution in [2.24, 2.45) is 0 Å². The summed E-state index contributed by atoms with van der Waals surface area (Å²) in [5.74, 6) is -1.27. The number of thiophene rings is 1. The molecule has 0 unspecified atom stereocenters. The predicted octanol–water partition coefficient (Wildman–Crippen LogP) is 1.62. The van der Waals surface area contributed by atoms with Gasteiger partial charge >= 0.3 is 12.0 Å². The molecule has 0 aliphatic heterocycles. The van der Waals surface area contributed by atoms with Crippen molar-refractivity contribution in [1.29, 1.82) is 0 Å². The molecule has 3 N–H and O–H groups in total. The average molecular weight is 314 g/mol. The topological polar surface area (TPSA) is 105 Å². The van der Waals surface area contributed by atoms with E-state index in [2.05, 4.69) is 10.6 Å². The van der Waals surface area contributed by atoms with Gasteiger partial charge in [0.05, 0.1) is 13.0 Å². The molecule has 116 valence electrons. The fourth-order valence-electron chi connectivity index (χ4n) is 1.55. The summed E-state index contributed by atoms with van der Waals surface area (Å²) in [7, 11) is 1.40. The minimum absolute atomic E-state index is 0.00536. The van der Waals surface area contributed by atoms with E-state index in [4.69, 9.17) is 9.84 Å². The summed E-state index contributed by atoms with van der Waals surface area (Å²) in [5.41, 5.74) is 0. The molecule has 0 bridgehead atoms. The fraction of sp³-hybridized carbons (Fsp3) is 0.462. The van der Waals surface area contributed by atoms with Gasteiger partial charge in [0.15, 0.2) is 4.88 Å². The maximum atomic E-state index is 11.4. The summed E-state index contributed by atoms with van der Waals surface area (Å²) in [6.45, 7) is 2.01. The summed E-state index contributed by atoms with van der Waals surface area (Å²) >= 11 is 1.18. The molecule has 0 spiro atoms. The number of rotatable bonds is 7. The van der Waals surface area contributed by atoms with Gasteiger partial charge in [-0.1, -0.05) is 13.3 Å². The van der Waals surface area contributed by atoms with Crippen molar-refractivity contribution < 1.29 is 24.2 Å². The lowest BCUT2D eigenvalue weighted by atomic mass is 10.3. The number of nitrogens with one attached hydrogen (secondary N) is 2. The Kier molecular flexibility index (Phi) is 6.67. The lowest BCUT2D eigenvalue weighted by Gasteiger charge is -2.05. The van der Waals surface area contributed by atoms with Gasteiger partial charge in [0.25, 0.3) is 0 Å². The normalized spacial score (nSPS) is 10.0. The Morgan fingerprint density at radius 1 is 1.38 bits per heavy atom. The number of aryl methyl sites for hydroxylation is 1. The largest absolute Gasteiger partial charge is 0.491 e. The molecule has 1 aromatic heterocycles. The van der Waals surface area contributed by atoms with Crippen LogP contribution in [0, 0.1) is 0 Å². The summed E-state index contributed by atoms with van der Waals surface area (Å²) in [6.07, 6.45) is 1.66. The van der Waals surface area contributed by atoms with Crippen LogP contribution >= 0.6 is 11.3 Å². The number of imide groups is 1. The van der Waals surface area contributed by atoms with Gasteiger partial charge in [-0.15, -0.1) is 11.3 Å². The van der Waals surface area contributed by atoms with E-state index >= 15 is 0 Å². The Morgan fingerprint density at radius 2 is 2.10 bits per heavy atom. The molecule has 0 saturated carbocycles. The van der Waals surface area contributed by atoms with Crippen LogP contribution < -0.4 is 15.4 Å². The molecule has 3 amide bonds. The zero-order valence-electron chi connectivity index (χ0n) is 11.9. The van der Waals surface area contributed by atoms with E-state index in [-0.39, 0.29) is 23.7 Å². The summed E-state index contributed by atoms with van der Waals surface area (Å²) in [5, 5.41) is 13.5. The Bertz CT molecular complexity index is 527. The third kappa shape index (κ3) is 5.42. The maximum Gasteiger partial charge on any atom is 0.349 e. The number of carbonyl (C=O) groups excluding carboxylic acids is 2. The number of aromatic carboxylic acids is 1. The SMILES string of the molecule is CCCc1cc(OCCC(=O)NC(=O)NC)c(C(=O)O)s1. The van der Waals surface area contributed by atoms with Crippen molar-refractivity contribution in [2.45, 2.75) is 26.2 Å². The first kappa shape index (κ1) is 17.0. The van der Waals surface area contributed by atoms with E-state index in [9.17, 15) is 14.4 Å². The van der Waals surface area contributed by atoms with Crippen LogP contribution in [0.4, 0.5) is 4.79 Å². The van der Waals surface area contributed by atoms with Gasteiger partial charge < -0.3 is 15.2 Å². The van der Waals surface area contributed by atoms with E-state index in [0.717, 1.165) is 17.7 Å². The van der Waals surface area contributed by atoms with Crippen molar-refractivity contribution in [3.05, 3.63) is 15.8 Å². The Morgan fingerprint density at radius 3 is 2.67 bits per heavy atom. The van der Waals surface area contributed by atoms with E-state index in [1.165, 1.54) is 18.4 Å². The molecule has 0 atom stereocenters. The highest BCUT2D eigenvalue weighted by molar-refractivity contribution is 7.14. The van der Waals surface area contributed by atoms with Crippen LogP contribution in [0.15, 0.2) is 6.07 Å². The molecule has 8 heteroatoms. The van der Waals surface area contributed by atoms with Crippen LogP contribution in [0.3, 0.4) is 0 Å².